The van der Waals surface area contributed by atoms with Gasteiger partial charge in [-0.2, -0.15) is 12.7 Å². The molecule has 92 valence electrons. The predicted octanol–water partition coefficient (Wildman–Crippen LogP) is -0.359. The second kappa shape index (κ2) is 5.26. The fraction of sp³-hybridized carbons (Fsp3) is 0.750. The molecule has 1 unspecified atom stereocenters. The molecule has 7 nitrogen and oxygen atoms in total. The first kappa shape index (κ1) is 12.9. The van der Waals surface area contributed by atoms with Gasteiger partial charge < -0.3 is 9.53 Å². The first-order chi connectivity index (χ1) is 7.51. The Kier molecular flexibility index (Phi) is 4.25. The molecular weight excluding hydrogens is 236 g/mol. The summed E-state index contributed by atoms with van der Waals surface area (Å²) in [6.45, 7) is 0.232. The monoisotopic (exact) mass is 250 g/mol. The van der Waals surface area contributed by atoms with Crippen LogP contribution in [0.15, 0.2) is 0 Å². The van der Waals surface area contributed by atoms with Crippen molar-refractivity contribution in [2.75, 3.05) is 13.7 Å². The second-order valence-corrected chi connectivity index (χ2v) is 5.03. The van der Waals surface area contributed by atoms with E-state index in [-0.39, 0.29) is 6.54 Å². The van der Waals surface area contributed by atoms with Crippen LogP contribution in [0.2, 0.25) is 0 Å². The maximum atomic E-state index is 11.7. The summed E-state index contributed by atoms with van der Waals surface area (Å²) in [6.07, 6.45) is 1.47. The van der Waals surface area contributed by atoms with Crippen molar-refractivity contribution in [1.82, 2.24) is 9.03 Å². The second-order valence-electron chi connectivity index (χ2n) is 3.41. The molecule has 1 rings (SSSR count). The van der Waals surface area contributed by atoms with Crippen molar-refractivity contribution in [2.24, 2.45) is 0 Å². The number of ether oxygens (including phenoxy) is 1. The van der Waals surface area contributed by atoms with Crippen LogP contribution in [0.3, 0.4) is 0 Å². The first-order valence-electron chi connectivity index (χ1n) is 4.84. The largest absolute Gasteiger partial charge is 0.452 e. The Morgan fingerprint density at radius 3 is 2.75 bits per heavy atom. The molecule has 0 spiro atoms. The van der Waals surface area contributed by atoms with E-state index in [4.69, 9.17) is 0 Å². The zero-order chi connectivity index (χ0) is 12.2. The Labute approximate surface area is 93.9 Å². The molecule has 0 aliphatic carbocycles. The molecule has 1 atom stereocenters. The van der Waals surface area contributed by atoms with E-state index in [0.717, 1.165) is 17.8 Å². The molecule has 1 N–H and O–H groups in total. The van der Waals surface area contributed by atoms with Gasteiger partial charge in [-0.15, -0.1) is 0 Å². The minimum atomic E-state index is -3.98. The van der Waals surface area contributed by atoms with Crippen LogP contribution >= 0.6 is 0 Å². The maximum Gasteiger partial charge on any atom is 0.421 e. The molecule has 1 saturated heterocycles. The summed E-state index contributed by atoms with van der Waals surface area (Å²) < 4.78 is 30.3. The highest BCUT2D eigenvalue weighted by Gasteiger charge is 2.33. The fourth-order valence-corrected chi connectivity index (χ4v) is 2.86. The summed E-state index contributed by atoms with van der Waals surface area (Å²) in [7, 11) is -2.91. The molecule has 0 bridgehead atoms. The summed E-state index contributed by atoms with van der Waals surface area (Å²) in [5.74, 6) is 0. The highest BCUT2D eigenvalue weighted by atomic mass is 32.2. The van der Waals surface area contributed by atoms with Crippen molar-refractivity contribution in [3.05, 3.63) is 0 Å². The molecule has 1 fully saturated rings. The third kappa shape index (κ3) is 2.92. The SMILES string of the molecule is COC(=O)NS(=O)(=O)N1CCCCC1C=O. The van der Waals surface area contributed by atoms with Gasteiger partial charge in [-0.3, -0.25) is 0 Å². The third-order valence-electron chi connectivity index (χ3n) is 2.36. The van der Waals surface area contributed by atoms with Gasteiger partial charge in [0.1, 0.15) is 6.29 Å². The molecular formula is C8H14N2O5S. The number of rotatable bonds is 3. The standard InChI is InChI=1S/C8H14N2O5S/c1-15-8(12)9-16(13,14)10-5-3-2-4-7(10)6-11/h6-7H,2-5H2,1H3,(H,9,12). The molecule has 1 heterocycles. The summed E-state index contributed by atoms with van der Waals surface area (Å²) in [5.41, 5.74) is 0. The fourth-order valence-electron chi connectivity index (χ4n) is 1.57. The van der Waals surface area contributed by atoms with Crippen LogP contribution in [0.4, 0.5) is 4.79 Å². The molecule has 0 radical (unpaired) electrons. The number of piperidine rings is 1. The Morgan fingerprint density at radius 2 is 2.19 bits per heavy atom. The van der Waals surface area contributed by atoms with E-state index in [0.29, 0.717) is 19.1 Å². The Morgan fingerprint density at radius 1 is 1.50 bits per heavy atom. The normalized spacial score (nSPS) is 22.4. The van der Waals surface area contributed by atoms with E-state index in [2.05, 4.69) is 4.74 Å². The number of methoxy groups -OCH3 is 1. The van der Waals surface area contributed by atoms with Gasteiger partial charge >= 0.3 is 16.3 Å². The lowest BCUT2D eigenvalue weighted by Crippen LogP contribution is -2.51. The van der Waals surface area contributed by atoms with Gasteiger partial charge in [0.2, 0.25) is 0 Å². The number of hydrogen-bond donors (Lipinski definition) is 1. The Hall–Kier alpha value is -1.15. The number of hydrogen-bond acceptors (Lipinski definition) is 5. The van der Waals surface area contributed by atoms with Gasteiger partial charge in [-0.05, 0) is 12.8 Å². The van der Waals surface area contributed by atoms with E-state index in [1.165, 1.54) is 0 Å². The topological polar surface area (TPSA) is 92.8 Å². The average Bonchev–Trinajstić information content (AvgIpc) is 2.28. The lowest BCUT2D eigenvalue weighted by atomic mass is 10.1. The molecule has 0 aromatic heterocycles. The van der Waals surface area contributed by atoms with Crippen molar-refractivity contribution in [2.45, 2.75) is 25.3 Å². The highest BCUT2D eigenvalue weighted by Crippen LogP contribution is 2.18. The summed E-state index contributed by atoms with van der Waals surface area (Å²) in [6, 6.07) is -0.698. The van der Waals surface area contributed by atoms with Gasteiger partial charge in [0.25, 0.3) is 0 Å². The van der Waals surface area contributed by atoms with Crippen LogP contribution in [-0.2, 0) is 19.7 Å². The van der Waals surface area contributed by atoms with Gasteiger partial charge in [-0.25, -0.2) is 9.52 Å². The quantitative estimate of drug-likeness (QED) is 0.690. The lowest BCUT2D eigenvalue weighted by molar-refractivity contribution is -0.111. The minimum Gasteiger partial charge on any atom is -0.452 e. The lowest BCUT2D eigenvalue weighted by Gasteiger charge is -2.30. The van der Waals surface area contributed by atoms with Crippen molar-refractivity contribution in [3.8, 4) is 0 Å². The summed E-state index contributed by atoms with van der Waals surface area (Å²) in [4.78, 5) is 21.6. The van der Waals surface area contributed by atoms with E-state index >= 15 is 0 Å². The van der Waals surface area contributed by atoms with Crippen molar-refractivity contribution in [1.29, 1.82) is 0 Å². The van der Waals surface area contributed by atoms with E-state index in [1.54, 1.807) is 4.72 Å². The van der Waals surface area contributed by atoms with Crippen LogP contribution < -0.4 is 4.72 Å². The predicted molar refractivity (Wildman–Crippen MR) is 54.9 cm³/mol. The number of carbonyl (C=O) groups excluding carboxylic acids is 2. The van der Waals surface area contributed by atoms with Gasteiger partial charge in [0.15, 0.2) is 0 Å². The number of aldehydes is 1. The van der Waals surface area contributed by atoms with Crippen LogP contribution in [0, 0.1) is 0 Å². The van der Waals surface area contributed by atoms with E-state index < -0.39 is 22.3 Å². The summed E-state index contributed by atoms with van der Waals surface area (Å²) in [5, 5.41) is 0. The van der Waals surface area contributed by atoms with E-state index in [1.807, 2.05) is 0 Å². The van der Waals surface area contributed by atoms with Gasteiger partial charge in [0, 0.05) is 6.54 Å². The smallest absolute Gasteiger partial charge is 0.421 e. The number of carbonyl (C=O) groups is 2. The Bertz CT molecular complexity index is 367. The molecule has 1 aliphatic rings. The number of nitrogens with one attached hydrogen (secondary N) is 1. The first-order valence-corrected chi connectivity index (χ1v) is 6.28. The molecule has 1 aliphatic heterocycles. The van der Waals surface area contributed by atoms with Crippen LogP contribution in [-0.4, -0.2) is 44.8 Å². The minimum absolute atomic E-state index is 0.232. The molecule has 8 heteroatoms. The van der Waals surface area contributed by atoms with Gasteiger partial charge in [-0.1, -0.05) is 6.42 Å². The molecule has 0 saturated carbocycles. The molecule has 0 aromatic carbocycles. The highest BCUT2D eigenvalue weighted by molar-refractivity contribution is 7.87. The van der Waals surface area contributed by atoms with Crippen molar-refractivity contribution >= 4 is 22.6 Å². The molecule has 16 heavy (non-hydrogen) atoms. The van der Waals surface area contributed by atoms with Crippen molar-refractivity contribution < 1.29 is 22.7 Å². The third-order valence-corrected chi connectivity index (χ3v) is 3.86. The van der Waals surface area contributed by atoms with Crippen LogP contribution in [0.1, 0.15) is 19.3 Å². The Balaban J connectivity index is 2.80. The van der Waals surface area contributed by atoms with E-state index in [9.17, 15) is 18.0 Å². The van der Waals surface area contributed by atoms with Gasteiger partial charge in [0.05, 0.1) is 13.2 Å². The number of amides is 1. The average molecular weight is 250 g/mol. The zero-order valence-electron chi connectivity index (χ0n) is 8.88. The summed E-state index contributed by atoms with van der Waals surface area (Å²) >= 11 is 0. The van der Waals surface area contributed by atoms with Crippen LogP contribution in [0.5, 0.6) is 0 Å². The van der Waals surface area contributed by atoms with Crippen LogP contribution in [0.25, 0.3) is 0 Å². The number of nitrogens with zero attached hydrogens (tertiary/aromatic N) is 1. The maximum absolute atomic E-state index is 11.7. The van der Waals surface area contributed by atoms with Crippen molar-refractivity contribution in [3.63, 3.8) is 0 Å². The zero-order valence-corrected chi connectivity index (χ0v) is 9.70. The molecule has 0 aromatic rings. The molecule has 1 amide bonds.